The summed E-state index contributed by atoms with van der Waals surface area (Å²) in [6.07, 6.45) is 5.80. The summed E-state index contributed by atoms with van der Waals surface area (Å²) in [5.74, 6) is 0. The standard InChI is InChI=1S/C13H19N3S.HI/c1-17-13(14)15-11-7-3-4-8-12(11)16-9-5-2-6-10-16;/h3-4,7-8H,2,5-6,9-10H2,1H3,(H2,14,15);1H. The monoisotopic (exact) mass is 377 g/mol. The first-order chi connectivity index (χ1) is 8.31. The fourth-order valence-corrected chi connectivity index (χ4v) is 2.38. The molecule has 1 aromatic rings. The summed E-state index contributed by atoms with van der Waals surface area (Å²) in [6, 6.07) is 8.27. The average molecular weight is 377 g/mol. The minimum Gasteiger partial charge on any atom is -0.370 e. The fraction of sp³-hybridized carbons (Fsp3) is 0.462. The van der Waals surface area contributed by atoms with Crippen molar-refractivity contribution in [3.05, 3.63) is 24.3 Å². The summed E-state index contributed by atoms with van der Waals surface area (Å²) in [4.78, 5) is 2.42. The van der Waals surface area contributed by atoms with E-state index in [2.05, 4.69) is 28.4 Å². The van der Waals surface area contributed by atoms with Gasteiger partial charge in [-0.05, 0) is 37.7 Å². The van der Waals surface area contributed by atoms with Gasteiger partial charge in [0.25, 0.3) is 0 Å². The minimum atomic E-state index is 0. The maximum atomic E-state index is 7.72. The van der Waals surface area contributed by atoms with E-state index >= 15 is 0 Å². The Balaban J connectivity index is 0.00000162. The van der Waals surface area contributed by atoms with Crippen molar-refractivity contribution >= 4 is 52.3 Å². The second kappa shape index (κ2) is 7.89. The molecule has 1 aromatic carbocycles. The maximum Gasteiger partial charge on any atom is 0.157 e. The molecule has 2 N–H and O–H groups in total. The highest BCUT2D eigenvalue weighted by atomic mass is 127. The van der Waals surface area contributed by atoms with Crippen LogP contribution >= 0.6 is 35.7 Å². The van der Waals surface area contributed by atoms with Crippen molar-refractivity contribution in [2.45, 2.75) is 19.3 Å². The number of piperidine rings is 1. The van der Waals surface area contributed by atoms with E-state index < -0.39 is 0 Å². The lowest BCUT2D eigenvalue weighted by Crippen LogP contribution is -2.30. The molecule has 0 saturated carbocycles. The van der Waals surface area contributed by atoms with Crippen LogP contribution in [0.4, 0.5) is 11.4 Å². The topological polar surface area (TPSA) is 39.1 Å². The number of amidine groups is 1. The zero-order valence-electron chi connectivity index (χ0n) is 10.6. The molecule has 0 unspecified atom stereocenters. The normalized spacial score (nSPS) is 14.8. The van der Waals surface area contributed by atoms with Crippen molar-refractivity contribution in [2.75, 3.05) is 29.6 Å². The summed E-state index contributed by atoms with van der Waals surface area (Å²) in [7, 11) is 0. The molecule has 0 amide bonds. The Kier molecular flexibility index (Phi) is 6.85. The number of anilines is 2. The smallest absolute Gasteiger partial charge is 0.157 e. The van der Waals surface area contributed by atoms with E-state index in [0.717, 1.165) is 18.8 Å². The number of halogens is 1. The SMILES string of the molecule is CSC(=N)Nc1ccccc1N1CCCCC1.I. The highest BCUT2D eigenvalue weighted by Gasteiger charge is 2.14. The van der Waals surface area contributed by atoms with Crippen LogP contribution < -0.4 is 10.2 Å². The molecule has 1 aliphatic rings. The van der Waals surface area contributed by atoms with E-state index in [1.807, 2.05) is 12.3 Å². The van der Waals surface area contributed by atoms with Gasteiger partial charge < -0.3 is 10.2 Å². The van der Waals surface area contributed by atoms with Crippen LogP contribution in [0.1, 0.15) is 19.3 Å². The van der Waals surface area contributed by atoms with Crippen molar-refractivity contribution in [2.24, 2.45) is 0 Å². The van der Waals surface area contributed by atoms with Gasteiger partial charge in [-0.15, -0.1) is 24.0 Å². The van der Waals surface area contributed by atoms with Crippen LogP contribution in [0.25, 0.3) is 0 Å². The quantitative estimate of drug-likeness (QED) is 0.465. The Bertz CT molecular complexity index is 392. The van der Waals surface area contributed by atoms with Gasteiger partial charge in [0.15, 0.2) is 5.17 Å². The number of para-hydroxylation sites is 2. The van der Waals surface area contributed by atoms with Crippen LogP contribution in [0.15, 0.2) is 24.3 Å². The van der Waals surface area contributed by atoms with E-state index in [-0.39, 0.29) is 24.0 Å². The van der Waals surface area contributed by atoms with Crippen LogP contribution in [0.5, 0.6) is 0 Å². The second-order valence-corrected chi connectivity index (χ2v) is 5.04. The van der Waals surface area contributed by atoms with Crippen LogP contribution in [-0.2, 0) is 0 Å². The Morgan fingerprint density at radius 1 is 1.22 bits per heavy atom. The summed E-state index contributed by atoms with van der Waals surface area (Å²) in [6.45, 7) is 2.26. The summed E-state index contributed by atoms with van der Waals surface area (Å²) < 4.78 is 0. The zero-order chi connectivity index (χ0) is 12.1. The van der Waals surface area contributed by atoms with Crippen molar-refractivity contribution in [3.8, 4) is 0 Å². The molecule has 0 aliphatic carbocycles. The first kappa shape index (κ1) is 15.6. The zero-order valence-corrected chi connectivity index (χ0v) is 13.8. The molecule has 18 heavy (non-hydrogen) atoms. The molecule has 100 valence electrons. The lowest BCUT2D eigenvalue weighted by molar-refractivity contribution is 0.578. The molecular weight excluding hydrogens is 357 g/mol. The van der Waals surface area contributed by atoms with Gasteiger partial charge in [-0.25, -0.2) is 0 Å². The van der Waals surface area contributed by atoms with Gasteiger partial charge in [0.2, 0.25) is 0 Å². The van der Waals surface area contributed by atoms with Gasteiger partial charge in [0, 0.05) is 13.1 Å². The fourth-order valence-electron chi connectivity index (χ4n) is 2.16. The van der Waals surface area contributed by atoms with Gasteiger partial charge in [0.1, 0.15) is 0 Å². The number of thioether (sulfide) groups is 1. The summed E-state index contributed by atoms with van der Waals surface area (Å²) >= 11 is 1.43. The Hall–Kier alpha value is -0.430. The molecule has 0 spiro atoms. The Morgan fingerprint density at radius 2 is 1.89 bits per heavy atom. The summed E-state index contributed by atoms with van der Waals surface area (Å²) in [5, 5.41) is 11.4. The highest BCUT2D eigenvalue weighted by molar-refractivity contribution is 14.0. The maximum absolute atomic E-state index is 7.72. The van der Waals surface area contributed by atoms with Crippen LogP contribution in [0.3, 0.4) is 0 Å². The Labute approximate surface area is 130 Å². The first-order valence-electron chi connectivity index (χ1n) is 6.05. The lowest BCUT2D eigenvalue weighted by atomic mass is 10.1. The molecular formula is C13H20IN3S. The van der Waals surface area contributed by atoms with Crippen LogP contribution in [-0.4, -0.2) is 24.5 Å². The van der Waals surface area contributed by atoms with Crippen molar-refractivity contribution in [1.29, 1.82) is 5.41 Å². The average Bonchev–Trinajstić information content (AvgIpc) is 2.40. The Morgan fingerprint density at radius 3 is 2.56 bits per heavy atom. The third-order valence-corrected chi connectivity index (χ3v) is 3.56. The predicted octanol–water partition coefficient (Wildman–Crippen LogP) is 4.00. The molecule has 5 heteroatoms. The van der Waals surface area contributed by atoms with Gasteiger partial charge in [-0.1, -0.05) is 23.9 Å². The van der Waals surface area contributed by atoms with E-state index in [1.165, 1.54) is 36.7 Å². The molecule has 1 heterocycles. The minimum absolute atomic E-state index is 0. The number of hydrogen-bond acceptors (Lipinski definition) is 3. The number of hydrogen-bond donors (Lipinski definition) is 2. The number of benzene rings is 1. The molecule has 1 fully saturated rings. The lowest BCUT2D eigenvalue weighted by Gasteiger charge is -2.30. The predicted molar refractivity (Wildman–Crippen MR) is 92.8 cm³/mol. The van der Waals surface area contributed by atoms with Gasteiger partial charge in [0.05, 0.1) is 11.4 Å². The van der Waals surface area contributed by atoms with Crippen molar-refractivity contribution in [1.82, 2.24) is 0 Å². The van der Waals surface area contributed by atoms with Gasteiger partial charge in [-0.2, -0.15) is 0 Å². The van der Waals surface area contributed by atoms with Gasteiger partial charge in [-0.3, -0.25) is 5.41 Å². The van der Waals surface area contributed by atoms with Crippen LogP contribution in [0, 0.1) is 5.41 Å². The molecule has 3 nitrogen and oxygen atoms in total. The molecule has 0 aromatic heterocycles. The highest BCUT2D eigenvalue weighted by Crippen LogP contribution is 2.28. The van der Waals surface area contributed by atoms with E-state index in [4.69, 9.17) is 5.41 Å². The summed E-state index contributed by atoms with van der Waals surface area (Å²) in [5.41, 5.74) is 2.28. The molecule has 0 atom stereocenters. The number of nitrogens with one attached hydrogen (secondary N) is 2. The number of nitrogens with zero attached hydrogens (tertiary/aromatic N) is 1. The van der Waals surface area contributed by atoms with Crippen LogP contribution in [0.2, 0.25) is 0 Å². The van der Waals surface area contributed by atoms with E-state index in [1.54, 1.807) is 0 Å². The molecule has 0 bridgehead atoms. The van der Waals surface area contributed by atoms with Crippen molar-refractivity contribution in [3.63, 3.8) is 0 Å². The molecule has 2 rings (SSSR count). The van der Waals surface area contributed by atoms with E-state index in [0.29, 0.717) is 5.17 Å². The third kappa shape index (κ3) is 4.05. The molecule has 0 radical (unpaired) electrons. The largest absolute Gasteiger partial charge is 0.370 e. The molecule has 1 aliphatic heterocycles. The number of rotatable bonds is 2. The second-order valence-electron chi connectivity index (χ2n) is 4.22. The van der Waals surface area contributed by atoms with Crippen molar-refractivity contribution < 1.29 is 0 Å². The van der Waals surface area contributed by atoms with Gasteiger partial charge >= 0.3 is 0 Å². The third-order valence-electron chi connectivity index (χ3n) is 3.05. The van der Waals surface area contributed by atoms with E-state index in [9.17, 15) is 0 Å². The first-order valence-corrected chi connectivity index (χ1v) is 7.27. The molecule has 1 saturated heterocycles.